The number of nitrogens with two attached hydrogens (primary N) is 1. The van der Waals surface area contributed by atoms with Gasteiger partial charge in [0.05, 0.1) is 11.9 Å². The Morgan fingerprint density at radius 1 is 1.35 bits per heavy atom. The fraction of sp³-hybridized carbons (Fsp3) is 1.00. The van der Waals surface area contributed by atoms with Gasteiger partial charge in [-0.2, -0.15) is 0 Å². The van der Waals surface area contributed by atoms with Crippen molar-refractivity contribution < 1.29 is 13.2 Å². The van der Waals surface area contributed by atoms with Gasteiger partial charge in [0.25, 0.3) is 0 Å². The minimum Gasteiger partial charge on any atom is -0.378 e. The van der Waals surface area contributed by atoms with E-state index in [-0.39, 0.29) is 30.2 Å². The zero-order valence-corrected chi connectivity index (χ0v) is 14.2. The highest BCUT2D eigenvalue weighted by Crippen LogP contribution is 2.19. The molecular formula is C13H29ClN2O3S. The number of hydrogen-bond donors (Lipinski definition) is 1. The molecule has 7 heteroatoms. The molecule has 1 atom stereocenters. The lowest BCUT2D eigenvalue weighted by Crippen LogP contribution is -2.42. The predicted octanol–water partition coefficient (Wildman–Crippen LogP) is 1.61. The van der Waals surface area contributed by atoms with Gasteiger partial charge in [-0.1, -0.05) is 20.3 Å². The Bertz CT molecular complexity index is 344. The van der Waals surface area contributed by atoms with Crippen LogP contribution in [0.1, 0.15) is 39.5 Å². The van der Waals surface area contributed by atoms with Gasteiger partial charge in [-0.05, 0) is 31.7 Å². The Labute approximate surface area is 129 Å². The van der Waals surface area contributed by atoms with Gasteiger partial charge >= 0.3 is 0 Å². The van der Waals surface area contributed by atoms with Crippen LogP contribution in [-0.2, 0) is 14.8 Å². The largest absolute Gasteiger partial charge is 0.378 e. The van der Waals surface area contributed by atoms with Crippen molar-refractivity contribution in [1.29, 1.82) is 0 Å². The van der Waals surface area contributed by atoms with E-state index in [2.05, 4.69) is 0 Å². The third kappa shape index (κ3) is 6.72. The monoisotopic (exact) mass is 328 g/mol. The molecule has 0 bridgehead atoms. The SMILES string of the molecule is CCC(C)CS(=O)(=O)N1CCC(OCCCN)CC1.Cl. The van der Waals surface area contributed by atoms with Gasteiger partial charge in [0.15, 0.2) is 0 Å². The van der Waals surface area contributed by atoms with Crippen molar-refractivity contribution in [3.63, 3.8) is 0 Å². The average Bonchev–Trinajstić information content (AvgIpc) is 2.39. The van der Waals surface area contributed by atoms with Gasteiger partial charge in [-0.25, -0.2) is 12.7 Å². The summed E-state index contributed by atoms with van der Waals surface area (Å²) in [4.78, 5) is 0. The maximum Gasteiger partial charge on any atom is 0.214 e. The summed E-state index contributed by atoms with van der Waals surface area (Å²) in [6, 6.07) is 0. The Hall–Kier alpha value is 0.120. The first-order valence-electron chi connectivity index (χ1n) is 7.29. The lowest BCUT2D eigenvalue weighted by Gasteiger charge is -2.31. The molecule has 122 valence electrons. The number of hydrogen-bond acceptors (Lipinski definition) is 4. The van der Waals surface area contributed by atoms with Crippen LogP contribution in [0.5, 0.6) is 0 Å². The van der Waals surface area contributed by atoms with E-state index in [1.54, 1.807) is 4.31 Å². The first-order chi connectivity index (χ1) is 8.99. The molecule has 1 saturated heterocycles. The third-order valence-electron chi connectivity index (χ3n) is 3.69. The molecule has 1 fully saturated rings. The van der Waals surface area contributed by atoms with Gasteiger partial charge in [0.2, 0.25) is 10.0 Å². The Kier molecular flexibility index (Phi) is 10.0. The van der Waals surface area contributed by atoms with E-state index in [1.807, 2.05) is 13.8 Å². The zero-order chi connectivity index (χ0) is 14.3. The molecule has 1 heterocycles. The standard InChI is InChI=1S/C13H28N2O3S.ClH/c1-3-12(2)11-19(16,17)15-8-5-13(6-9-15)18-10-4-7-14;/h12-13H,3-11,14H2,1-2H3;1H. The van der Waals surface area contributed by atoms with E-state index in [1.165, 1.54) is 0 Å². The molecule has 0 saturated carbocycles. The maximum atomic E-state index is 12.2. The number of ether oxygens (including phenoxy) is 1. The van der Waals surface area contributed by atoms with Crippen LogP contribution in [-0.4, -0.2) is 50.8 Å². The number of nitrogens with zero attached hydrogens (tertiary/aromatic N) is 1. The summed E-state index contributed by atoms with van der Waals surface area (Å²) in [5.74, 6) is 0.492. The van der Waals surface area contributed by atoms with Crippen molar-refractivity contribution in [2.75, 3.05) is 32.0 Å². The number of rotatable bonds is 8. The van der Waals surface area contributed by atoms with E-state index >= 15 is 0 Å². The van der Waals surface area contributed by atoms with Crippen molar-refractivity contribution in [1.82, 2.24) is 4.31 Å². The lowest BCUT2D eigenvalue weighted by atomic mass is 10.1. The van der Waals surface area contributed by atoms with Crippen LogP contribution >= 0.6 is 12.4 Å². The van der Waals surface area contributed by atoms with Crippen molar-refractivity contribution in [3.8, 4) is 0 Å². The zero-order valence-electron chi connectivity index (χ0n) is 12.6. The summed E-state index contributed by atoms with van der Waals surface area (Å²) in [5, 5.41) is 0. The second-order valence-corrected chi connectivity index (χ2v) is 7.42. The molecule has 0 spiro atoms. The molecule has 0 aliphatic carbocycles. The van der Waals surface area contributed by atoms with E-state index in [4.69, 9.17) is 10.5 Å². The lowest BCUT2D eigenvalue weighted by molar-refractivity contribution is 0.0208. The second kappa shape index (κ2) is 9.95. The van der Waals surface area contributed by atoms with Crippen LogP contribution in [0, 0.1) is 5.92 Å². The van der Waals surface area contributed by atoms with Crippen LogP contribution in [0.25, 0.3) is 0 Å². The summed E-state index contributed by atoms with van der Waals surface area (Å²) in [7, 11) is -3.09. The molecule has 0 aromatic carbocycles. The van der Waals surface area contributed by atoms with E-state index in [0.717, 1.165) is 25.7 Å². The van der Waals surface area contributed by atoms with Gasteiger partial charge in [0, 0.05) is 19.7 Å². The highest BCUT2D eigenvalue weighted by Gasteiger charge is 2.29. The Balaban J connectivity index is 0.00000361. The number of piperidine rings is 1. The molecule has 0 amide bonds. The molecule has 20 heavy (non-hydrogen) atoms. The molecule has 1 unspecified atom stereocenters. The summed E-state index contributed by atoms with van der Waals surface area (Å²) in [6.45, 7) is 6.51. The van der Waals surface area contributed by atoms with Crippen molar-refractivity contribution >= 4 is 22.4 Å². The van der Waals surface area contributed by atoms with Crippen LogP contribution in [0.4, 0.5) is 0 Å². The van der Waals surface area contributed by atoms with Crippen LogP contribution in [0.3, 0.4) is 0 Å². The van der Waals surface area contributed by atoms with Gasteiger partial charge in [0.1, 0.15) is 0 Å². The maximum absolute atomic E-state index is 12.2. The molecule has 1 aliphatic rings. The fourth-order valence-electron chi connectivity index (χ4n) is 2.19. The van der Waals surface area contributed by atoms with E-state index in [9.17, 15) is 8.42 Å². The molecule has 2 N–H and O–H groups in total. The quantitative estimate of drug-likeness (QED) is 0.687. The molecule has 5 nitrogen and oxygen atoms in total. The first-order valence-corrected chi connectivity index (χ1v) is 8.90. The number of sulfonamides is 1. The highest BCUT2D eigenvalue weighted by molar-refractivity contribution is 7.89. The minimum atomic E-state index is -3.09. The van der Waals surface area contributed by atoms with Crippen molar-refractivity contribution in [2.45, 2.75) is 45.6 Å². The predicted molar refractivity (Wildman–Crippen MR) is 84.7 cm³/mol. The van der Waals surface area contributed by atoms with Crippen LogP contribution in [0.15, 0.2) is 0 Å². The highest BCUT2D eigenvalue weighted by atomic mass is 35.5. The Morgan fingerprint density at radius 2 is 1.95 bits per heavy atom. The summed E-state index contributed by atoms with van der Waals surface area (Å²) in [6.07, 6.45) is 3.56. The topological polar surface area (TPSA) is 72.6 Å². The average molecular weight is 329 g/mol. The molecule has 1 rings (SSSR count). The minimum absolute atomic E-state index is 0. The van der Waals surface area contributed by atoms with Crippen LogP contribution < -0.4 is 5.73 Å². The summed E-state index contributed by atoms with van der Waals surface area (Å²) >= 11 is 0. The van der Waals surface area contributed by atoms with Gasteiger partial charge < -0.3 is 10.5 Å². The Morgan fingerprint density at radius 3 is 2.45 bits per heavy atom. The molecule has 1 aliphatic heterocycles. The number of halogens is 1. The van der Waals surface area contributed by atoms with Gasteiger partial charge in [-0.3, -0.25) is 0 Å². The first kappa shape index (κ1) is 20.1. The third-order valence-corrected chi connectivity index (χ3v) is 5.83. The second-order valence-electron chi connectivity index (χ2n) is 5.40. The van der Waals surface area contributed by atoms with Crippen LogP contribution in [0.2, 0.25) is 0 Å². The fourth-order valence-corrected chi connectivity index (χ4v) is 4.13. The summed E-state index contributed by atoms with van der Waals surface area (Å²) in [5.41, 5.74) is 5.42. The van der Waals surface area contributed by atoms with Crippen molar-refractivity contribution in [2.24, 2.45) is 11.7 Å². The summed E-state index contributed by atoms with van der Waals surface area (Å²) < 4.78 is 31.7. The smallest absolute Gasteiger partial charge is 0.214 e. The normalized spacial score (nSPS) is 19.6. The van der Waals surface area contributed by atoms with Crippen molar-refractivity contribution in [3.05, 3.63) is 0 Å². The van der Waals surface area contributed by atoms with Gasteiger partial charge in [-0.15, -0.1) is 12.4 Å². The molecule has 0 aromatic heterocycles. The molecule has 0 radical (unpaired) electrons. The molecular weight excluding hydrogens is 300 g/mol. The molecule has 0 aromatic rings. The van der Waals surface area contributed by atoms with E-state index in [0.29, 0.717) is 26.2 Å². The van der Waals surface area contributed by atoms with E-state index < -0.39 is 10.0 Å².